The van der Waals surface area contributed by atoms with Crippen LogP contribution in [0.5, 0.6) is 0 Å². The molecule has 2 aliphatic rings. The third-order valence-corrected chi connectivity index (χ3v) is 20.6. The highest BCUT2D eigenvalue weighted by atomic mass is 15.2. The summed E-state index contributed by atoms with van der Waals surface area (Å²) in [6, 6.07) is 105. The predicted molar refractivity (Wildman–Crippen MR) is 429 cm³/mol. The van der Waals surface area contributed by atoms with Crippen molar-refractivity contribution in [3.8, 4) is 83.6 Å². The second kappa shape index (κ2) is 24.2. The Labute approximate surface area is 597 Å². The average molecular weight is 1290 g/mol. The van der Waals surface area contributed by atoms with Crippen molar-refractivity contribution in [3.05, 3.63) is 338 Å². The van der Waals surface area contributed by atoms with E-state index in [-0.39, 0.29) is 46.0 Å². The van der Waals surface area contributed by atoms with E-state index in [9.17, 15) is 5.48 Å². The Kier molecular flexibility index (Phi) is 13.7. The summed E-state index contributed by atoms with van der Waals surface area (Å²) in [7, 11) is 0. The fourth-order valence-corrected chi connectivity index (χ4v) is 15.5. The topological polar surface area (TPSA) is 11.4 Å². The minimum atomic E-state index is -0.445. The molecule has 0 radical (unpaired) electrons. The van der Waals surface area contributed by atoms with Crippen LogP contribution in [-0.2, 0) is 16.2 Å². The molecular formula is C96H80BN3. The molecule has 4 heteroatoms. The van der Waals surface area contributed by atoms with Crippen LogP contribution in [0.4, 0.5) is 34.1 Å². The van der Waals surface area contributed by atoms with Gasteiger partial charge in [0.1, 0.15) is 0 Å². The fraction of sp³-hybridized carbons (Fsp3) is 0.125. The number of hydrogen-bond donors (Lipinski definition) is 0. The van der Waals surface area contributed by atoms with Crippen molar-refractivity contribution in [2.45, 2.75) is 78.6 Å². The molecule has 0 unspecified atom stereocenters. The lowest BCUT2D eigenvalue weighted by molar-refractivity contribution is 0.569. The largest absolute Gasteiger partial charge is 0.311 e. The molecule has 2 aliphatic heterocycles. The number of nitrogens with zero attached hydrogens (tertiary/aromatic N) is 3. The highest BCUT2D eigenvalue weighted by molar-refractivity contribution is 7.00. The van der Waals surface area contributed by atoms with Gasteiger partial charge in [-0.3, -0.25) is 0 Å². The molecule has 1 aromatic heterocycles. The van der Waals surface area contributed by atoms with Gasteiger partial charge in [-0.25, -0.2) is 0 Å². The molecule has 15 aromatic rings. The molecule has 0 amide bonds. The Morgan fingerprint density at radius 1 is 0.290 bits per heavy atom. The number of fused-ring (bicyclic) bond motifs is 7. The number of aromatic nitrogens is 1. The Balaban J connectivity index is 1.08. The quantitative estimate of drug-likeness (QED) is 0.126. The molecule has 100 heavy (non-hydrogen) atoms. The number of benzene rings is 14. The van der Waals surface area contributed by atoms with Crippen molar-refractivity contribution in [2.24, 2.45) is 0 Å². The van der Waals surface area contributed by atoms with E-state index >= 15 is 0 Å². The van der Waals surface area contributed by atoms with Gasteiger partial charge in [0, 0.05) is 56.0 Å². The molecular weight excluding hydrogens is 1210 g/mol. The molecule has 14 aromatic carbocycles. The van der Waals surface area contributed by atoms with E-state index in [1.54, 1.807) is 0 Å². The molecule has 3 heterocycles. The van der Waals surface area contributed by atoms with E-state index in [0.717, 1.165) is 150 Å². The van der Waals surface area contributed by atoms with E-state index in [0.29, 0.717) is 5.56 Å². The van der Waals surface area contributed by atoms with Gasteiger partial charge in [-0.1, -0.05) is 305 Å². The Morgan fingerprint density at radius 3 is 1.35 bits per heavy atom. The molecule has 482 valence electrons. The van der Waals surface area contributed by atoms with Gasteiger partial charge in [0.25, 0.3) is 6.71 Å². The summed E-state index contributed by atoms with van der Waals surface area (Å²) in [4.78, 5) is 5.06. The molecule has 0 saturated carbocycles. The van der Waals surface area contributed by atoms with Gasteiger partial charge in [-0.2, -0.15) is 0 Å². The third-order valence-electron chi connectivity index (χ3n) is 20.6. The highest BCUT2D eigenvalue weighted by Crippen LogP contribution is 2.54. The second-order valence-corrected chi connectivity index (χ2v) is 30.2. The van der Waals surface area contributed by atoms with Gasteiger partial charge < -0.3 is 14.4 Å². The normalized spacial score (nSPS) is 13.5. The summed E-state index contributed by atoms with van der Waals surface area (Å²) in [6.07, 6.45) is 0. The lowest BCUT2D eigenvalue weighted by Crippen LogP contribution is -2.61. The molecule has 0 aliphatic carbocycles. The lowest BCUT2D eigenvalue weighted by atomic mass is 9.33. The zero-order valence-corrected chi connectivity index (χ0v) is 58.1. The number of rotatable bonds is 10. The minimum Gasteiger partial charge on any atom is -0.311 e. The van der Waals surface area contributed by atoms with Gasteiger partial charge in [0.2, 0.25) is 0 Å². The summed E-state index contributed by atoms with van der Waals surface area (Å²) in [5.74, 6) is 0. The smallest absolute Gasteiger partial charge is 0.252 e. The molecule has 0 saturated heterocycles. The summed E-state index contributed by atoms with van der Waals surface area (Å²) in [6.45, 7) is 20.2. The molecule has 0 atom stereocenters. The van der Waals surface area contributed by atoms with Gasteiger partial charge >= 0.3 is 0 Å². The molecule has 0 spiro atoms. The monoisotopic (exact) mass is 1290 g/mol. The van der Waals surface area contributed by atoms with Crippen LogP contribution in [0.3, 0.4) is 0 Å². The highest BCUT2D eigenvalue weighted by Gasteiger charge is 2.45. The summed E-state index contributed by atoms with van der Waals surface area (Å²) in [5, 5.41) is 2.24. The van der Waals surface area contributed by atoms with Crippen LogP contribution < -0.4 is 26.2 Å². The van der Waals surface area contributed by atoms with Crippen LogP contribution in [0.1, 0.15) is 85.9 Å². The van der Waals surface area contributed by atoms with E-state index in [1.165, 1.54) is 11.1 Å². The van der Waals surface area contributed by atoms with Crippen LogP contribution in [0.15, 0.2) is 321 Å². The maximum Gasteiger partial charge on any atom is 0.252 e. The van der Waals surface area contributed by atoms with E-state index in [1.807, 2.05) is 6.07 Å². The molecule has 17 rings (SSSR count). The van der Waals surface area contributed by atoms with Crippen molar-refractivity contribution in [1.82, 2.24) is 4.57 Å². The third kappa shape index (κ3) is 10.9. The zero-order valence-electron chi connectivity index (χ0n) is 63.1. The summed E-state index contributed by atoms with van der Waals surface area (Å²) in [5.41, 5.74) is 28.6. The maximum absolute atomic E-state index is 9.70. The maximum atomic E-state index is 9.70. The van der Waals surface area contributed by atoms with Gasteiger partial charge in [-0.15, -0.1) is 0 Å². The van der Waals surface area contributed by atoms with Crippen molar-refractivity contribution < 1.29 is 6.85 Å². The van der Waals surface area contributed by atoms with Gasteiger partial charge in [0.15, 0.2) is 0 Å². The van der Waals surface area contributed by atoms with Crippen LogP contribution >= 0.6 is 0 Å². The van der Waals surface area contributed by atoms with E-state index in [2.05, 4.69) is 362 Å². The zero-order chi connectivity index (χ0) is 72.5. The van der Waals surface area contributed by atoms with Crippen molar-refractivity contribution in [3.63, 3.8) is 0 Å². The number of hydrogen-bond acceptors (Lipinski definition) is 2. The van der Waals surface area contributed by atoms with Crippen LogP contribution in [-0.4, -0.2) is 11.3 Å². The Hall–Kier alpha value is -11.5. The van der Waals surface area contributed by atoms with Gasteiger partial charge in [-0.05, 0) is 195 Å². The van der Waals surface area contributed by atoms with Gasteiger partial charge in [0.05, 0.1) is 23.6 Å². The molecule has 0 N–H and O–H groups in total. The minimum absolute atomic E-state index is 0.138. The first-order valence-corrected chi connectivity index (χ1v) is 35.0. The number of anilines is 6. The first kappa shape index (κ1) is 56.6. The molecule has 3 nitrogen and oxygen atoms in total. The van der Waals surface area contributed by atoms with Crippen LogP contribution in [0.2, 0.25) is 0 Å². The Morgan fingerprint density at radius 2 is 0.770 bits per heavy atom. The van der Waals surface area contributed by atoms with Crippen LogP contribution in [0.25, 0.3) is 105 Å². The van der Waals surface area contributed by atoms with E-state index < -0.39 is 12.8 Å². The van der Waals surface area contributed by atoms with Crippen molar-refractivity contribution in [2.75, 3.05) is 9.80 Å². The summed E-state index contributed by atoms with van der Waals surface area (Å²) >= 11 is 0. The number of para-hydroxylation sites is 2. The van der Waals surface area contributed by atoms with E-state index in [4.69, 9.17) is 1.37 Å². The summed E-state index contributed by atoms with van der Waals surface area (Å²) < 4.78 is 49.0. The standard InChI is InChI=1S/C96H80BN3/c1-94(2,3)74-52-72(53-75(60-74)95(4,5)6)68-48-50-86-84(56-68)97-83-49-47-69(63-31-16-10-17-32-63)57-88(83)100(93-81(66-37-22-13-23-38-66)61-76(96(7,8)9)62-82(93)67-39-24-14-25-40-67)90-59-73(79-44-30-46-87-91(79)80-43-28-29-45-85(80)98(87)77-41-26-15-27-42-77)58-89(92(90)97)99(86)78-54-70(64-33-18-11-19-34-64)51-71(55-78)65-35-20-12-21-36-65/h10-62H,1-9H3/i10D,16D,17D,31D,32D. The second-order valence-electron chi connectivity index (χ2n) is 30.2. The lowest BCUT2D eigenvalue weighted by Gasteiger charge is -2.45. The predicted octanol–water partition coefficient (Wildman–Crippen LogP) is 24.4. The molecule has 0 fully saturated rings. The van der Waals surface area contributed by atoms with Crippen LogP contribution in [0, 0.1) is 0 Å². The SMILES string of the molecule is [2H]c1c([2H])c([2H])c(-c2ccc3c(c2)N(c2c(-c4ccccc4)cc(C(C)(C)C)cc2-c2ccccc2)c2cc(-c4cccc5c4c4ccccc4n5-c4ccccc4)cc4c2B3c2cc(-c3cc(C(C)(C)C)cc(C(C)(C)C)c3)ccc2N4c2cc(-c3ccccc3)cc(-c3ccccc3)c2)c([2H])c1[2H]. The Bertz CT molecular complexity index is 5790. The fourth-order valence-electron chi connectivity index (χ4n) is 15.5. The van der Waals surface area contributed by atoms with Crippen molar-refractivity contribution >= 4 is 79.0 Å². The first-order chi connectivity index (χ1) is 50.6. The average Bonchev–Trinajstić information content (AvgIpc) is 1.19. The van der Waals surface area contributed by atoms with Crippen molar-refractivity contribution in [1.29, 1.82) is 0 Å². The first-order valence-electron chi connectivity index (χ1n) is 37.5. The molecule has 0 bridgehead atoms.